The van der Waals surface area contributed by atoms with Gasteiger partial charge in [0.25, 0.3) is 10.0 Å². The fraction of sp³-hybridized carbons (Fsp3) is 0.0909. The first-order valence-electron chi connectivity index (χ1n) is 5.19. The number of hydrogen-bond acceptors (Lipinski definition) is 4. The van der Waals surface area contributed by atoms with Gasteiger partial charge in [0, 0.05) is 11.4 Å². The number of halogens is 2. The Morgan fingerprint density at radius 1 is 1.21 bits per heavy atom. The minimum absolute atomic E-state index is 0.170. The monoisotopic (exact) mass is 336 g/mol. The van der Waals surface area contributed by atoms with Crippen molar-refractivity contribution < 1.29 is 8.42 Å². The lowest BCUT2D eigenvalue weighted by atomic mass is 10.3. The van der Waals surface area contributed by atoms with Crippen molar-refractivity contribution in [3.8, 4) is 0 Å². The molecule has 8 heteroatoms. The SMILES string of the molecule is NCc1ccc(S(=O)(=O)Nc2cccc(Cl)c2Cl)s1. The van der Waals surface area contributed by atoms with E-state index in [-0.39, 0.29) is 19.9 Å². The van der Waals surface area contributed by atoms with Crippen molar-refractivity contribution in [3.05, 3.63) is 45.3 Å². The van der Waals surface area contributed by atoms with E-state index in [0.29, 0.717) is 6.54 Å². The van der Waals surface area contributed by atoms with Crippen molar-refractivity contribution in [2.45, 2.75) is 10.8 Å². The predicted molar refractivity (Wildman–Crippen MR) is 79.5 cm³/mol. The Balaban J connectivity index is 2.33. The van der Waals surface area contributed by atoms with Gasteiger partial charge in [-0.15, -0.1) is 11.3 Å². The Bertz CT molecular complexity index is 698. The van der Waals surface area contributed by atoms with Gasteiger partial charge in [0.1, 0.15) is 4.21 Å². The molecule has 2 aromatic rings. The number of thiophene rings is 1. The van der Waals surface area contributed by atoms with Crippen LogP contribution in [0.1, 0.15) is 4.88 Å². The van der Waals surface area contributed by atoms with E-state index in [1.54, 1.807) is 24.3 Å². The van der Waals surface area contributed by atoms with Gasteiger partial charge in [-0.3, -0.25) is 4.72 Å². The van der Waals surface area contributed by atoms with Crippen LogP contribution in [0.2, 0.25) is 10.0 Å². The summed E-state index contributed by atoms with van der Waals surface area (Å²) in [5.41, 5.74) is 5.71. The minimum Gasteiger partial charge on any atom is -0.326 e. The molecule has 0 spiro atoms. The fourth-order valence-electron chi connectivity index (χ4n) is 1.39. The van der Waals surface area contributed by atoms with Crippen molar-refractivity contribution in [3.63, 3.8) is 0 Å². The minimum atomic E-state index is -3.67. The van der Waals surface area contributed by atoms with Crippen LogP contribution in [0.5, 0.6) is 0 Å². The third-order valence-electron chi connectivity index (χ3n) is 2.30. The first-order valence-corrected chi connectivity index (χ1v) is 8.25. The molecule has 0 atom stereocenters. The maximum Gasteiger partial charge on any atom is 0.271 e. The van der Waals surface area contributed by atoms with E-state index in [9.17, 15) is 8.42 Å². The van der Waals surface area contributed by atoms with Crippen LogP contribution >= 0.6 is 34.5 Å². The van der Waals surface area contributed by atoms with Crippen LogP contribution in [0.4, 0.5) is 5.69 Å². The summed E-state index contributed by atoms with van der Waals surface area (Å²) in [6, 6.07) is 7.93. The van der Waals surface area contributed by atoms with E-state index >= 15 is 0 Å². The highest BCUT2D eigenvalue weighted by molar-refractivity contribution is 7.94. The molecule has 0 amide bonds. The third-order valence-corrected chi connectivity index (χ3v) is 6.08. The van der Waals surface area contributed by atoms with Gasteiger partial charge in [0.05, 0.1) is 15.7 Å². The Morgan fingerprint density at radius 3 is 2.58 bits per heavy atom. The summed E-state index contributed by atoms with van der Waals surface area (Å²) in [6.07, 6.45) is 0. The zero-order chi connectivity index (χ0) is 14.0. The molecule has 0 saturated carbocycles. The summed E-state index contributed by atoms with van der Waals surface area (Å²) in [5.74, 6) is 0. The summed E-state index contributed by atoms with van der Waals surface area (Å²) in [7, 11) is -3.67. The maximum atomic E-state index is 12.2. The molecule has 0 aliphatic carbocycles. The Labute approximate surface area is 125 Å². The number of anilines is 1. The van der Waals surface area contributed by atoms with E-state index < -0.39 is 10.0 Å². The number of sulfonamides is 1. The molecular weight excluding hydrogens is 327 g/mol. The van der Waals surface area contributed by atoms with E-state index in [0.717, 1.165) is 16.2 Å². The molecule has 0 unspecified atom stereocenters. The molecule has 0 saturated heterocycles. The number of rotatable bonds is 4. The van der Waals surface area contributed by atoms with Crippen molar-refractivity contribution in [1.82, 2.24) is 0 Å². The molecule has 0 fully saturated rings. The lowest BCUT2D eigenvalue weighted by Gasteiger charge is -2.08. The third kappa shape index (κ3) is 3.21. The highest BCUT2D eigenvalue weighted by Gasteiger charge is 2.18. The number of hydrogen-bond donors (Lipinski definition) is 2. The molecule has 4 nitrogen and oxygen atoms in total. The standard InChI is InChI=1S/C11H10Cl2N2O2S2/c12-8-2-1-3-9(11(8)13)15-19(16,17)10-5-4-7(6-14)18-10/h1-5,15H,6,14H2. The summed E-state index contributed by atoms with van der Waals surface area (Å²) >= 11 is 12.9. The average molecular weight is 337 g/mol. The van der Waals surface area contributed by atoms with Gasteiger partial charge in [-0.25, -0.2) is 8.42 Å². The van der Waals surface area contributed by atoms with Crippen molar-refractivity contribution in [2.24, 2.45) is 5.73 Å². The van der Waals surface area contributed by atoms with Crippen LogP contribution < -0.4 is 10.5 Å². The Hall–Kier alpha value is -0.790. The van der Waals surface area contributed by atoms with Crippen LogP contribution in [0.25, 0.3) is 0 Å². The normalized spacial score (nSPS) is 11.5. The fourth-order valence-corrected chi connectivity index (χ4v) is 4.10. The molecule has 19 heavy (non-hydrogen) atoms. The molecule has 1 heterocycles. The second kappa shape index (κ2) is 5.68. The highest BCUT2D eigenvalue weighted by Crippen LogP contribution is 2.32. The smallest absolute Gasteiger partial charge is 0.271 e. The van der Waals surface area contributed by atoms with Crippen LogP contribution in [-0.2, 0) is 16.6 Å². The highest BCUT2D eigenvalue weighted by atomic mass is 35.5. The molecule has 102 valence electrons. The van der Waals surface area contributed by atoms with Crippen LogP contribution in [-0.4, -0.2) is 8.42 Å². The van der Waals surface area contributed by atoms with Gasteiger partial charge in [-0.1, -0.05) is 29.3 Å². The Kier molecular flexibility index (Phi) is 4.37. The van der Waals surface area contributed by atoms with Gasteiger partial charge >= 0.3 is 0 Å². The van der Waals surface area contributed by atoms with Crippen LogP contribution in [0.15, 0.2) is 34.5 Å². The molecule has 1 aromatic carbocycles. The number of nitrogens with one attached hydrogen (secondary N) is 1. The Morgan fingerprint density at radius 2 is 1.95 bits per heavy atom. The zero-order valence-corrected chi connectivity index (χ0v) is 12.7. The average Bonchev–Trinajstić information content (AvgIpc) is 2.84. The summed E-state index contributed by atoms with van der Waals surface area (Å²) < 4.78 is 26.9. The van der Waals surface area contributed by atoms with Crippen LogP contribution in [0.3, 0.4) is 0 Å². The molecule has 1 aromatic heterocycles. The van der Waals surface area contributed by atoms with E-state index in [1.807, 2.05) is 0 Å². The van der Waals surface area contributed by atoms with Crippen molar-refractivity contribution >= 4 is 50.2 Å². The second-order valence-electron chi connectivity index (χ2n) is 3.63. The van der Waals surface area contributed by atoms with Gasteiger partial charge < -0.3 is 5.73 Å². The maximum absolute atomic E-state index is 12.2. The lowest BCUT2D eigenvalue weighted by molar-refractivity contribution is 0.603. The van der Waals surface area contributed by atoms with Gasteiger partial charge in [0.2, 0.25) is 0 Å². The second-order valence-corrected chi connectivity index (χ2v) is 7.49. The number of nitrogens with two attached hydrogens (primary N) is 1. The molecular formula is C11H10Cl2N2O2S2. The van der Waals surface area contributed by atoms with Crippen molar-refractivity contribution in [1.29, 1.82) is 0 Å². The zero-order valence-electron chi connectivity index (χ0n) is 9.56. The van der Waals surface area contributed by atoms with Gasteiger partial charge in [-0.05, 0) is 24.3 Å². The first kappa shape index (κ1) is 14.6. The number of benzene rings is 1. The molecule has 0 radical (unpaired) electrons. The van der Waals surface area contributed by atoms with E-state index in [4.69, 9.17) is 28.9 Å². The topological polar surface area (TPSA) is 72.2 Å². The molecule has 0 bridgehead atoms. The lowest BCUT2D eigenvalue weighted by Crippen LogP contribution is -2.11. The van der Waals surface area contributed by atoms with E-state index in [1.165, 1.54) is 6.07 Å². The van der Waals surface area contributed by atoms with Gasteiger partial charge in [0.15, 0.2) is 0 Å². The quantitative estimate of drug-likeness (QED) is 0.899. The molecule has 3 N–H and O–H groups in total. The molecule has 2 rings (SSSR count). The summed E-state index contributed by atoms with van der Waals surface area (Å²) in [5, 5.41) is 0.457. The largest absolute Gasteiger partial charge is 0.326 e. The predicted octanol–water partition coefficient (Wildman–Crippen LogP) is 3.31. The first-order chi connectivity index (χ1) is 8.94. The van der Waals surface area contributed by atoms with Gasteiger partial charge in [-0.2, -0.15) is 0 Å². The molecule has 0 aliphatic heterocycles. The summed E-state index contributed by atoms with van der Waals surface area (Å²) in [4.78, 5) is 0.789. The van der Waals surface area contributed by atoms with Crippen LogP contribution in [0, 0.1) is 0 Å². The summed E-state index contributed by atoms with van der Waals surface area (Å²) in [6.45, 7) is 0.304. The van der Waals surface area contributed by atoms with E-state index in [2.05, 4.69) is 4.72 Å². The molecule has 0 aliphatic rings. The van der Waals surface area contributed by atoms with Crippen molar-refractivity contribution in [2.75, 3.05) is 4.72 Å².